The topological polar surface area (TPSA) is 38.3 Å². The smallest absolute Gasteiger partial charge is 0.257 e. The molecule has 110 valence electrons. The van der Waals surface area contributed by atoms with Crippen molar-refractivity contribution in [3.63, 3.8) is 0 Å². The fraction of sp³-hybridized carbons (Fsp3) is 0.235. The van der Waals surface area contributed by atoms with Gasteiger partial charge >= 0.3 is 0 Å². The predicted octanol–water partition coefficient (Wildman–Crippen LogP) is 3.39. The summed E-state index contributed by atoms with van der Waals surface area (Å²) in [6.45, 7) is 2.58. The van der Waals surface area contributed by atoms with E-state index in [1.54, 1.807) is 0 Å². The molecule has 0 bridgehead atoms. The molecule has 21 heavy (non-hydrogen) atoms. The molecule has 0 atom stereocenters. The summed E-state index contributed by atoms with van der Waals surface area (Å²) in [7, 11) is 0. The first kappa shape index (κ1) is 15.4. The Labute approximate surface area is 129 Å². The van der Waals surface area contributed by atoms with Crippen LogP contribution in [-0.2, 0) is 11.2 Å². The lowest BCUT2D eigenvalue weighted by Crippen LogP contribution is -2.30. The van der Waals surface area contributed by atoms with E-state index in [4.69, 9.17) is 16.3 Å². The molecular weight excluding hydrogens is 286 g/mol. The van der Waals surface area contributed by atoms with Gasteiger partial charge in [0.2, 0.25) is 0 Å². The van der Waals surface area contributed by atoms with Gasteiger partial charge in [-0.1, -0.05) is 35.9 Å². The van der Waals surface area contributed by atoms with Crippen molar-refractivity contribution < 1.29 is 9.53 Å². The molecule has 0 aliphatic rings. The molecule has 4 heteroatoms. The number of rotatable bonds is 6. The molecule has 0 radical (unpaired) electrons. The molecular formula is C17H18ClNO2. The minimum absolute atomic E-state index is 0.0268. The molecule has 0 spiro atoms. The highest BCUT2D eigenvalue weighted by Gasteiger charge is 2.03. The highest BCUT2D eigenvalue weighted by atomic mass is 35.5. The maximum atomic E-state index is 11.7. The molecule has 0 saturated heterocycles. The van der Waals surface area contributed by atoms with E-state index in [-0.39, 0.29) is 12.5 Å². The molecule has 0 unspecified atom stereocenters. The van der Waals surface area contributed by atoms with Crippen LogP contribution in [0.3, 0.4) is 0 Å². The van der Waals surface area contributed by atoms with Crippen LogP contribution in [0.4, 0.5) is 0 Å². The first-order valence-electron chi connectivity index (χ1n) is 6.84. The number of ether oxygens (including phenoxy) is 1. The van der Waals surface area contributed by atoms with Crippen LogP contribution >= 0.6 is 11.6 Å². The third-order valence-corrected chi connectivity index (χ3v) is 3.22. The van der Waals surface area contributed by atoms with Crippen LogP contribution in [0.25, 0.3) is 0 Å². The first-order chi connectivity index (χ1) is 10.1. The summed E-state index contributed by atoms with van der Waals surface area (Å²) in [6, 6.07) is 15.3. The molecule has 0 aliphatic heterocycles. The predicted molar refractivity (Wildman–Crippen MR) is 84.8 cm³/mol. The van der Waals surface area contributed by atoms with Gasteiger partial charge in [-0.15, -0.1) is 0 Å². The summed E-state index contributed by atoms with van der Waals surface area (Å²) in [4.78, 5) is 11.7. The second-order valence-corrected chi connectivity index (χ2v) is 5.27. The van der Waals surface area contributed by atoms with Crippen LogP contribution < -0.4 is 10.1 Å². The second-order valence-electron chi connectivity index (χ2n) is 4.84. The number of carbonyl (C=O) groups excluding carboxylic acids is 1. The van der Waals surface area contributed by atoms with Gasteiger partial charge in [0, 0.05) is 11.6 Å². The molecule has 0 saturated carbocycles. The number of hydrogen-bond acceptors (Lipinski definition) is 2. The SMILES string of the molecule is Cc1cccc(OCC(=O)NCCc2cccc(Cl)c2)c1. The standard InChI is InChI=1S/C17H18ClNO2/c1-13-4-2-7-16(10-13)21-12-17(20)19-9-8-14-5-3-6-15(18)11-14/h2-7,10-11H,8-9,12H2,1H3,(H,19,20). The molecule has 0 fully saturated rings. The third-order valence-electron chi connectivity index (χ3n) is 2.98. The number of halogens is 1. The van der Waals surface area contributed by atoms with Gasteiger partial charge in [-0.25, -0.2) is 0 Å². The molecule has 1 amide bonds. The van der Waals surface area contributed by atoms with E-state index in [1.165, 1.54) is 0 Å². The molecule has 0 aromatic heterocycles. The maximum Gasteiger partial charge on any atom is 0.257 e. The van der Waals surface area contributed by atoms with Crippen LogP contribution in [-0.4, -0.2) is 19.1 Å². The Kier molecular flexibility index (Phi) is 5.64. The Morgan fingerprint density at radius 1 is 1.19 bits per heavy atom. The molecule has 1 N–H and O–H groups in total. The van der Waals surface area contributed by atoms with Gasteiger partial charge in [-0.2, -0.15) is 0 Å². The minimum Gasteiger partial charge on any atom is -0.484 e. The van der Waals surface area contributed by atoms with E-state index < -0.39 is 0 Å². The monoisotopic (exact) mass is 303 g/mol. The lowest BCUT2D eigenvalue weighted by Gasteiger charge is -2.08. The minimum atomic E-state index is -0.126. The normalized spacial score (nSPS) is 10.2. The van der Waals surface area contributed by atoms with Gasteiger partial charge in [-0.05, 0) is 48.7 Å². The van der Waals surface area contributed by atoms with E-state index in [2.05, 4.69) is 5.32 Å². The van der Waals surface area contributed by atoms with Crippen LogP contribution in [0.15, 0.2) is 48.5 Å². The number of carbonyl (C=O) groups is 1. The van der Waals surface area contributed by atoms with Crippen LogP contribution in [0.5, 0.6) is 5.75 Å². The Morgan fingerprint density at radius 3 is 2.76 bits per heavy atom. The highest BCUT2D eigenvalue weighted by molar-refractivity contribution is 6.30. The number of amides is 1. The zero-order chi connectivity index (χ0) is 15.1. The van der Waals surface area contributed by atoms with Crippen molar-refractivity contribution >= 4 is 17.5 Å². The van der Waals surface area contributed by atoms with Gasteiger partial charge in [-0.3, -0.25) is 4.79 Å². The number of hydrogen-bond donors (Lipinski definition) is 1. The fourth-order valence-corrected chi connectivity index (χ4v) is 2.16. The van der Waals surface area contributed by atoms with Crippen molar-refractivity contribution in [2.75, 3.05) is 13.2 Å². The Bertz CT molecular complexity index is 613. The maximum absolute atomic E-state index is 11.7. The van der Waals surface area contributed by atoms with Crippen LogP contribution in [0.2, 0.25) is 5.02 Å². The molecule has 0 heterocycles. The Balaban J connectivity index is 1.70. The summed E-state index contributed by atoms with van der Waals surface area (Å²) in [5, 5.41) is 3.54. The number of aryl methyl sites for hydroxylation is 1. The summed E-state index contributed by atoms with van der Waals surface area (Å²) < 4.78 is 5.44. The van der Waals surface area contributed by atoms with E-state index in [0.717, 1.165) is 17.5 Å². The van der Waals surface area contributed by atoms with Gasteiger partial charge in [0.25, 0.3) is 5.91 Å². The van der Waals surface area contributed by atoms with Crippen molar-refractivity contribution in [2.24, 2.45) is 0 Å². The Hall–Kier alpha value is -2.00. The summed E-state index contributed by atoms with van der Waals surface area (Å²) in [6.07, 6.45) is 0.747. The zero-order valence-electron chi connectivity index (χ0n) is 11.9. The van der Waals surface area contributed by atoms with Gasteiger partial charge in [0.1, 0.15) is 5.75 Å². The average Bonchev–Trinajstić information content (AvgIpc) is 2.45. The van der Waals surface area contributed by atoms with Crippen molar-refractivity contribution in [1.82, 2.24) is 5.32 Å². The van der Waals surface area contributed by atoms with Crippen molar-refractivity contribution in [3.05, 3.63) is 64.7 Å². The van der Waals surface area contributed by atoms with Gasteiger partial charge in [0.15, 0.2) is 6.61 Å². The molecule has 2 aromatic carbocycles. The van der Waals surface area contributed by atoms with Crippen molar-refractivity contribution in [1.29, 1.82) is 0 Å². The van der Waals surface area contributed by atoms with Crippen molar-refractivity contribution in [3.8, 4) is 5.75 Å². The van der Waals surface area contributed by atoms with E-state index in [0.29, 0.717) is 17.3 Å². The van der Waals surface area contributed by atoms with Crippen LogP contribution in [0, 0.1) is 6.92 Å². The summed E-state index contributed by atoms with van der Waals surface area (Å²) in [5.74, 6) is 0.582. The quantitative estimate of drug-likeness (QED) is 0.888. The van der Waals surface area contributed by atoms with Gasteiger partial charge < -0.3 is 10.1 Å². The largest absolute Gasteiger partial charge is 0.484 e. The summed E-state index contributed by atoms with van der Waals surface area (Å²) >= 11 is 5.91. The number of benzene rings is 2. The number of nitrogens with one attached hydrogen (secondary N) is 1. The van der Waals surface area contributed by atoms with E-state index >= 15 is 0 Å². The zero-order valence-corrected chi connectivity index (χ0v) is 12.7. The highest BCUT2D eigenvalue weighted by Crippen LogP contribution is 2.12. The van der Waals surface area contributed by atoms with Gasteiger partial charge in [0.05, 0.1) is 0 Å². The molecule has 2 aromatic rings. The van der Waals surface area contributed by atoms with E-state index in [9.17, 15) is 4.79 Å². The van der Waals surface area contributed by atoms with Crippen LogP contribution in [0.1, 0.15) is 11.1 Å². The lowest BCUT2D eigenvalue weighted by atomic mass is 10.1. The first-order valence-corrected chi connectivity index (χ1v) is 7.22. The second kappa shape index (κ2) is 7.70. The van der Waals surface area contributed by atoms with E-state index in [1.807, 2.05) is 55.5 Å². The molecule has 2 rings (SSSR count). The Morgan fingerprint density at radius 2 is 2.00 bits per heavy atom. The molecule has 0 aliphatic carbocycles. The van der Waals surface area contributed by atoms with Crippen molar-refractivity contribution in [2.45, 2.75) is 13.3 Å². The average molecular weight is 304 g/mol. The molecule has 3 nitrogen and oxygen atoms in total. The summed E-state index contributed by atoms with van der Waals surface area (Å²) in [5.41, 5.74) is 2.20. The third kappa shape index (κ3) is 5.48. The fourth-order valence-electron chi connectivity index (χ4n) is 1.94. The lowest BCUT2D eigenvalue weighted by molar-refractivity contribution is -0.123.